The van der Waals surface area contributed by atoms with E-state index in [2.05, 4.69) is 106 Å². The fourth-order valence-corrected chi connectivity index (χ4v) is 6.95. The minimum absolute atomic E-state index is 0. The Morgan fingerprint density at radius 1 is 0.786 bits per heavy atom. The van der Waals surface area contributed by atoms with E-state index in [0.29, 0.717) is 0 Å². The molecule has 0 saturated heterocycles. The van der Waals surface area contributed by atoms with Gasteiger partial charge in [0.15, 0.2) is 0 Å². The predicted octanol–water partition coefficient (Wildman–Crippen LogP) is 0.0654. The first-order chi connectivity index (χ1) is 11.8. The molecule has 0 bridgehead atoms. The molecule has 0 heterocycles. The first kappa shape index (κ1) is 27.4. The zero-order valence-electron chi connectivity index (χ0n) is 17.3. The summed E-state index contributed by atoms with van der Waals surface area (Å²) in [5.41, 5.74) is 5.64. The average Bonchev–Trinajstić information content (AvgIpc) is 3.00. The molecule has 0 atom stereocenters. The van der Waals surface area contributed by atoms with E-state index in [1.807, 2.05) is 0 Å². The van der Waals surface area contributed by atoms with Crippen molar-refractivity contribution in [3.8, 4) is 0 Å². The van der Waals surface area contributed by atoms with Crippen LogP contribution in [-0.4, -0.2) is 13.8 Å². The number of halogens is 2. The molecule has 0 radical (unpaired) electrons. The molecule has 0 fully saturated rings. The topological polar surface area (TPSA) is 12.0 Å². The van der Waals surface area contributed by atoms with Crippen LogP contribution in [0.15, 0.2) is 71.9 Å². The number of hydrogen-bond acceptors (Lipinski definition) is 1. The normalized spacial score (nSPS) is 13.8. The second-order valence-corrected chi connectivity index (χ2v) is 12.6. The van der Waals surface area contributed by atoms with Crippen LogP contribution < -0.4 is 29.8 Å². The van der Waals surface area contributed by atoms with Gasteiger partial charge < -0.3 is 29.8 Å². The van der Waals surface area contributed by atoms with Crippen molar-refractivity contribution in [1.82, 2.24) is 4.98 Å². The van der Waals surface area contributed by atoms with Crippen molar-refractivity contribution in [2.45, 2.75) is 45.8 Å². The fraction of sp³-hybridized carbons (Fsp3) is 0.304. The zero-order chi connectivity index (χ0) is 18.1. The quantitative estimate of drug-likeness (QED) is 0.630. The van der Waals surface area contributed by atoms with E-state index in [0.717, 1.165) is 6.42 Å². The second-order valence-electron chi connectivity index (χ2n) is 8.47. The summed E-state index contributed by atoms with van der Waals surface area (Å²) in [6, 6.07) is 21.6. The Morgan fingerprint density at radius 2 is 1.25 bits per heavy atom. The molecular formula is C23H29Cl2NSiTi. The van der Waals surface area contributed by atoms with Crippen molar-refractivity contribution in [1.29, 1.82) is 0 Å². The predicted molar refractivity (Wildman–Crippen MR) is 113 cm³/mol. The average molecular weight is 466 g/mol. The summed E-state index contributed by atoms with van der Waals surface area (Å²) >= 11 is 0. The maximum absolute atomic E-state index is 3.93. The van der Waals surface area contributed by atoms with Crippen molar-refractivity contribution < 1.29 is 46.5 Å². The maximum Gasteiger partial charge on any atom is 2.00 e. The smallest absolute Gasteiger partial charge is 1.00 e. The van der Waals surface area contributed by atoms with Crippen LogP contribution >= 0.6 is 0 Å². The minimum atomic E-state index is -1.69. The summed E-state index contributed by atoms with van der Waals surface area (Å²) < 4.78 is 0. The van der Waals surface area contributed by atoms with Crippen LogP contribution in [0.1, 0.15) is 38.3 Å². The molecule has 0 spiro atoms. The summed E-state index contributed by atoms with van der Waals surface area (Å²) in [5, 5.41) is 1.58. The van der Waals surface area contributed by atoms with Gasteiger partial charge in [-0.2, -0.15) is 0 Å². The van der Waals surface area contributed by atoms with Gasteiger partial charge >= 0.3 is 21.7 Å². The molecular weight excluding hydrogens is 437 g/mol. The first-order valence-corrected chi connectivity index (χ1v) is 12.1. The molecule has 2 aromatic rings. The first-order valence-electron chi connectivity index (χ1n) is 9.11. The van der Waals surface area contributed by atoms with E-state index >= 15 is 0 Å². The van der Waals surface area contributed by atoms with Crippen LogP contribution in [0.25, 0.3) is 11.1 Å². The Morgan fingerprint density at radius 3 is 1.71 bits per heavy atom. The summed E-state index contributed by atoms with van der Waals surface area (Å²) in [4.78, 5) is 3.93. The summed E-state index contributed by atoms with van der Waals surface area (Å²) in [5.74, 6) is 0. The van der Waals surface area contributed by atoms with Crippen LogP contribution in [0.2, 0.25) is 13.1 Å². The van der Waals surface area contributed by atoms with Gasteiger partial charge in [0, 0.05) is 5.54 Å². The molecule has 0 aliphatic heterocycles. The van der Waals surface area contributed by atoms with E-state index < -0.39 is 8.24 Å². The second kappa shape index (κ2) is 11.0. The van der Waals surface area contributed by atoms with Gasteiger partial charge in [-0.15, -0.1) is 0 Å². The molecule has 0 unspecified atom stereocenters. The molecule has 1 aliphatic rings. The zero-order valence-corrected chi connectivity index (χ0v) is 21.4. The molecule has 5 heteroatoms. The van der Waals surface area contributed by atoms with Gasteiger partial charge in [-0.1, -0.05) is 85.0 Å². The number of allylic oxidation sites excluding steroid dienone is 4. The SMILES string of the molecule is CC(C)(C)N[Si](C)(C)C1=CC(c2ccccc2)=C(c2ccccc2)C1.[Cl-].[Cl-].[Ti+2]. The van der Waals surface area contributed by atoms with Crippen LogP contribution in [0.3, 0.4) is 0 Å². The molecule has 148 valence electrons. The van der Waals surface area contributed by atoms with Crippen molar-refractivity contribution in [3.05, 3.63) is 83.1 Å². The minimum Gasteiger partial charge on any atom is -1.00 e. The van der Waals surface area contributed by atoms with Crippen molar-refractivity contribution in [3.63, 3.8) is 0 Å². The monoisotopic (exact) mass is 465 g/mol. The van der Waals surface area contributed by atoms with E-state index in [-0.39, 0.29) is 52.1 Å². The Bertz CT molecular complexity index is 810. The number of rotatable bonds is 4. The van der Waals surface area contributed by atoms with Gasteiger partial charge in [0.05, 0.1) is 0 Å². The van der Waals surface area contributed by atoms with Crippen LogP contribution in [-0.2, 0) is 21.7 Å². The van der Waals surface area contributed by atoms with Crippen molar-refractivity contribution >= 4 is 19.4 Å². The molecule has 28 heavy (non-hydrogen) atoms. The number of hydrogen-bond donors (Lipinski definition) is 1. The van der Waals surface area contributed by atoms with Gasteiger partial charge in [0.1, 0.15) is 8.24 Å². The summed E-state index contributed by atoms with van der Waals surface area (Å²) in [6.45, 7) is 11.7. The van der Waals surface area contributed by atoms with Crippen LogP contribution in [0.5, 0.6) is 0 Å². The number of benzene rings is 2. The molecule has 2 aromatic carbocycles. The van der Waals surface area contributed by atoms with Crippen LogP contribution in [0.4, 0.5) is 0 Å². The Hall–Kier alpha value is -0.609. The molecule has 1 aliphatic carbocycles. The van der Waals surface area contributed by atoms with E-state index in [4.69, 9.17) is 0 Å². The third-order valence-corrected chi connectivity index (χ3v) is 8.01. The van der Waals surface area contributed by atoms with Crippen molar-refractivity contribution in [2.24, 2.45) is 0 Å². The van der Waals surface area contributed by atoms with E-state index in [9.17, 15) is 0 Å². The van der Waals surface area contributed by atoms with Gasteiger partial charge in [-0.3, -0.25) is 0 Å². The van der Waals surface area contributed by atoms with E-state index in [1.165, 1.54) is 22.3 Å². The molecule has 1 N–H and O–H groups in total. The number of nitrogens with one attached hydrogen (secondary N) is 1. The molecule has 1 nitrogen and oxygen atoms in total. The summed E-state index contributed by atoms with van der Waals surface area (Å²) in [7, 11) is -1.69. The molecule has 0 aromatic heterocycles. The molecule has 3 rings (SSSR count). The van der Waals surface area contributed by atoms with Gasteiger partial charge in [0.2, 0.25) is 0 Å². The standard InChI is InChI=1S/C23H29NSi.2ClH.Ti/c1-23(2,3)24-25(4,5)20-16-21(18-12-8-6-9-13-18)22(17-20)19-14-10-7-11-15-19;;;/h6-16,24H,17H2,1-5H3;2*1H;/q;;;+2/p-2. The van der Waals surface area contributed by atoms with Crippen molar-refractivity contribution in [2.75, 3.05) is 0 Å². The Kier molecular flexibility index (Phi) is 10.7. The molecule has 0 amide bonds. The summed E-state index contributed by atoms with van der Waals surface area (Å²) in [6.07, 6.45) is 3.51. The Labute approximate surface area is 198 Å². The fourth-order valence-electron chi connectivity index (χ4n) is 3.79. The third kappa shape index (κ3) is 6.73. The Balaban J connectivity index is 0.00000243. The van der Waals surface area contributed by atoms with Gasteiger partial charge in [0.25, 0.3) is 0 Å². The van der Waals surface area contributed by atoms with Gasteiger partial charge in [-0.25, -0.2) is 0 Å². The maximum atomic E-state index is 3.93. The van der Waals surface area contributed by atoms with E-state index in [1.54, 1.807) is 5.20 Å². The molecule has 0 saturated carbocycles. The largest absolute Gasteiger partial charge is 2.00 e. The third-order valence-electron chi connectivity index (χ3n) is 4.71. The van der Waals surface area contributed by atoms with Gasteiger partial charge in [-0.05, 0) is 49.5 Å². The van der Waals surface area contributed by atoms with Crippen LogP contribution in [0, 0.1) is 0 Å².